The molecule has 2 aromatic carbocycles. The zero-order valence-corrected chi connectivity index (χ0v) is 13.4. The second kappa shape index (κ2) is 7.07. The van der Waals surface area contributed by atoms with Crippen molar-refractivity contribution in [3.05, 3.63) is 65.3 Å². The Morgan fingerprint density at radius 1 is 1.17 bits per heavy atom. The lowest BCUT2D eigenvalue weighted by Gasteiger charge is -2.10. The van der Waals surface area contributed by atoms with Gasteiger partial charge in [0.05, 0.1) is 13.3 Å². The van der Waals surface area contributed by atoms with Gasteiger partial charge in [0, 0.05) is 17.3 Å². The Labute approximate surface area is 139 Å². The third kappa shape index (κ3) is 3.96. The first-order valence-electron chi connectivity index (χ1n) is 7.17. The van der Waals surface area contributed by atoms with Crippen LogP contribution < -0.4 is 15.4 Å². The van der Waals surface area contributed by atoms with Crippen LogP contribution in [0.15, 0.2) is 54.7 Å². The smallest absolute Gasteiger partial charge is 0.145 e. The van der Waals surface area contributed by atoms with Crippen LogP contribution in [0.1, 0.15) is 5.56 Å². The second-order valence-electron chi connectivity index (χ2n) is 5.00. The fourth-order valence-corrected chi connectivity index (χ4v) is 2.40. The first-order valence-corrected chi connectivity index (χ1v) is 7.55. The topological polar surface area (TPSA) is 62.0 Å². The third-order valence-electron chi connectivity index (χ3n) is 3.35. The van der Waals surface area contributed by atoms with Crippen molar-refractivity contribution in [1.29, 1.82) is 0 Å². The van der Waals surface area contributed by atoms with Gasteiger partial charge in [-0.25, -0.2) is 0 Å². The summed E-state index contributed by atoms with van der Waals surface area (Å²) in [6.45, 7) is 0.656. The highest BCUT2D eigenvalue weighted by Gasteiger charge is 2.06. The molecule has 6 heteroatoms. The lowest BCUT2D eigenvalue weighted by atomic mass is 10.2. The molecule has 0 bridgehead atoms. The van der Waals surface area contributed by atoms with Crippen LogP contribution in [-0.4, -0.2) is 17.3 Å². The van der Waals surface area contributed by atoms with Crippen molar-refractivity contribution in [2.24, 2.45) is 0 Å². The van der Waals surface area contributed by atoms with E-state index in [0.29, 0.717) is 11.6 Å². The average molecular weight is 329 g/mol. The van der Waals surface area contributed by atoms with Crippen molar-refractivity contribution in [3.63, 3.8) is 0 Å². The summed E-state index contributed by atoms with van der Waals surface area (Å²) in [5.41, 5.74) is 2.88. The summed E-state index contributed by atoms with van der Waals surface area (Å²) in [5.74, 6) is 1.65. The molecule has 0 aliphatic heterocycles. The highest BCUT2D eigenvalue weighted by Crippen LogP contribution is 2.25. The maximum Gasteiger partial charge on any atom is 0.145 e. The van der Waals surface area contributed by atoms with Crippen molar-refractivity contribution < 1.29 is 4.74 Å². The molecule has 0 aliphatic rings. The molecule has 0 atom stereocenters. The lowest BCUT2D eigenvalue weighted by molar-refractivity contribution is 0.414. The van der Waals surface area contributed by atoms with Crippen molar-refractivity contribution in [2.45, 2.75) is 6.54 Å². The van der Waals surface area contributed by atoms with E-state index in [4.69, 9.17) is 16.3 Å². The Morgan fingerprint density at radius 2 is 2.04 bits per heavy atom. The summed E-state index contributed by atoms with van der Waals surface area (Å²) in [6, 6.07) is 15.5. The van der Waals surface area contributed by atoms with Gasteiger partial charge < -0.3 is 15.4 Å². The average Bonchev–Trinajstić information content (AvgIpc) is 3.00. The van der Waals surface area contributed by atoms with Crippen molar-refractivity contribution in [2.75, 3.05) is 17.7 Å². The van der Waals surface area contributed by atoms with Crippen LogP contribution in [0.3, 0.4) is 0 Å². The van der Waals surface area contributed by atoms with Gasteiger partial charge in [-0.15, -0.1) is 0 Å². The molecule has 1 aromatic heterocycles. The molecule has 0 saturated carbocycles. The molecule has 3 N–H and O–H groups in total. The molecular weight excluding hydrogens is 312 g/mol. The van der Waals surface area contributed by atoms with Gasteiger partial charge >= 0.3 is 0 Å². The summed E-state index contributed by atoms with van der Waals surface area (Å²) in [6.07, 6.45) is 1.73. The number of anilines is 3. The van der Waals surface area contributed by atoms with Gasteiger partial charge in [-0.2, -0.15) is 5.10 Å². The standard InChI is InChI=1S/C17H17ClN4O/c1-23-15-7-2-4-12(8-15)10-19-17-16(11-20-22-17)21-14-6-3-5-13(18)9-14/h2-9,11,21H,10H2,1H3,(H2,19,20,22). The number of hydrogen-bond acceptors (Lipinski definition) is 4. The zero-order chi connectivity index (χ0) is 16.1. The number of ether oxygens (including phenoxy) is 1. The largest absolute Gasteiger partial charge is 0.497 e. The number of hydrogen-bond donors (Lipinski definition) is 3. The van der Waals surface area contributed by atoms with E-state index in [1.165, 1.54) is 0 Å². The Bertz CT molecular complexity index is 788. The van der Waals surface area contributed by atoms with E-state index in [9.17, 15) is 0 Å². The van der Waals surface area contributed by atoms with Crippen LogP contribution in [-0.2, 0) is 6.54 Å². The number of halogens is 1. The van der Waals surface area contributed by atoms with E-state index in [1.807, 2.05) is 48.5 Å². The minimum atomic E-state index is 0.656. The normalized spacial score (nSPS) is 10.3. The summed E-state index contributed by atoms with van der Waals surface area (Å²) in [7, 11) is 1.66. The number of H-pyrrole nitrogens is 1. The quantitative estimate of drug-likeness (QED) is 0.626. The van der Waals surface area contributed by atoms with Crippen molar-refractivity contribution in [1.82, 2.24) is 10.2 Å². The Morgan fingerprint density at radius 3 is 2.87 bits per heavy atom. The Balaban J connectivity index is 1.68. The molecule has 3 rings (SSSR count). The minimum Gasteiger partial charge on any atom is -0.497 e. The molecule has 118 valence electrons. The van der Waals surface area contributed by atoms with Gasteiger partial charge in [-0.05, 0) is 35.9 Å². The predicted molar refractivity (Wildman–Crippen MR) is 93.6 cm³/mol. The third-order valence-corrected chi connectivity index (χ3v) is 3.58. The van der Waals surface area contributed by atoms with E-state index in [-0.39, 0.29) is 0 Å². The molecule has 23 heavy (non-hydrogen) atoms. The van der Waals surface area contributed by atoms with E-state index >= 15 is 0 Å². The first kappa shape index (κ1) is 15.2. The fraction of sp³-hybridized carbons (Fsp3) is 0.118. The van der Waals surface area contributed by atoms with Crippen LogP contribution in [0.4, 0.5) is 17.2 Å². The van der Waals surface area contributed by atoms with E-state index in [2.05, 4.69) is 20.8 Å². The highest BCUT2D eigenvalue weighted by atomic mass is 35.5. The van der Waals surface area contributed by atoms with Crippen molar-refractivity contribution >= 4 is 28.8 Å². The van der Waals surface area contributed by atoms with Crippen LogP contribution in [0.2, 0.25) is 5.02 Å². The SMILES string of the molecule is COc1cccc(CNc2[nH]ncc2Nc2cccc(Cl)c2)c1. The van der Waals surface area contributed by atoms with E-state index < -0.39 is 0 Å². The van der Waals surface area contributed by atoms with Gasteiger partial charge in [0.2, 0.25) is 0 Å². The van der Waals surface area contributed by atoms with Gasteiger partial charge in [0.25, 0.3) is 0 Å². The molecule has 3 aromatic rings. The summed E-state index contributed by atoms with van der Waals surface area (Å²) in [5, 5.41) is 14.3. The second-order valence-corrected chi connectivity index (χ2v) is 5.44. The number of aromatic amines is 1. The zero-order valence-electron chi connectivity index (χ0n) is 12.6. The molecule has 0 aliphatic carbocycles. The van der Waals surface area contributed by atoms with Crippen molar-refractivity contribution in [3.8, 4) is 5.75 Å². The van der Waals surface area contributed by atoms with E-state index in [0.717, 1.165) is 28.5 Å². The summed E-state index contributed by atoms with van der Waals surface area (Å²) < 4.78 is 5.23. The number of methoxy groups -OCH3 is 1. The van der Waals surface area contributed by atoms with Gasteiger partial charge in [0.1, 0.15) is 17.3 Å². The Hall–Kier alpha value is -2.66. The van der Waals surface area contributed by atoms with Gasteiger partial charge in [-0.3, -0.25) is 5.10 Å². The molecule has 0 spiro atoms. The van der Waals surface area contributed by atoms with Crippen LogP contribution in [0.5, 0.6) is 5.75 Å². The van der Waals surface area contributed by atoms with Crippen LogP contribution in [0, 0.1) is 0 Å². The maximum absolute atomic E-state index is 6.00. The molecule has 0 unspecified atom stereocenters. The number of aromatic nitrogens is 2. The number of rotatable bonds is 6. The highest BCUT2D eigenvalue weighted by molar-refractivity contribution is 6.30. The van der Waals surface area contributed by atoms with Crippen LogP contribution >= 0.6 is 11.6 Å². The lowest BCUT2D eigenvalue weighted by Crippen LogP contribution is -2.02. The Kier molecular flexibility index (Phi) is 4.68. The predicted octanol–water partition coefficient (Wildman–Crippen LogP) is 4.43. The van der Waals surface area contributed by atoms with Gasteiger partial charge in [0.15, 0.2) is 0 Å². The molecule has 0 fully saturated rings. The summed E-state index contributed by atoms with van der Waals surface area (Å²) >= 11 is 6.00. The monoisotopic (exact) mass is 328 g/mol. The molecule has 5 nitrogen and oxygen atoms in total. The molecule has 0 saturated heterocycles. The van der Waals surface area contributed by atoms with Gasteiger partial charge in [-0.1, -0.05) is 29.8 Å². The molecule has 0 radical (unpaired) electrons. The maximum atomic E-state index is 6.00. The number of nitrogens with one attached hydrogen (secondary N) is 3. The molecule has 0 amide bonds. The number of nitrogens with zero attached hydrogens (tertiary/aromatic N) is 1. The first-order chi connectivity index (χ1) is 11.2. The van der Waals surface area contributed by atoms with Crippen LogP contribution in [0.25, 0.3) is 0 Å². The molecular formula is C17H17ClN4O. The fourth-order valence-electron chi connectivity index (χ4n) is 2.21. The van der Waals surface area contributed by atoms with E-state index in [1.54, 1.807) is 13.3 Å². The summed E-state index contributed by atoms with van der Waals surface area (Å²) in [4.78, 5) is 0. The minimum absolute atomic E-state index is 0.656. The number of benzene rings is 2. The molecule has 1 heterocycles.